The van der Waals surface area contributed by atoms with Crippen molar-refractivity contribution in [3.05, 3.63) is 89.8 Å². The maximum absolute atomic E-state index is 13.7. The smallest absolute Gasteiger partial charge is 0.295 e. The summed E-state index contributed by atoms with van der Waals surface area (Å²) in [5.74, 6) is -2.30. The average Bonchev–Trinajstić information content (AvgIpc) is 2.87. The zero-order valence-corrected chi connectivity index (χ0v) is 13.4. The molecule has 0 radical (unpaired) electrons. The second-order valence-corrected chi connectivity index (χ2v) is 5.66. The van der Waals surface area contributed by atoms with E-state index in [4.69, 9.17) is 0 Å². The Hall–Kier alpha value is -3.21. The number of Topliss-reactive ketones (excluding diaryl/α,β-unsaturated/α-hetero) is 1. The predicted octanol–water partition coefficient (Wildman–Crippen LogP) is 3.43. The summed E-state index contributed by atoms with van der Waals surface area (Å²) in [5, 5.41) is 10.7. The molecule has 5 heteroatoms. The summed E-state index contributed by atoms with van der Waals surface area (Å²) in [7, 11) is 0. The lowest BCUT2D eigenvalue weighted by atomic mass is 9.95. The van der Waals surface area contributed by atoms with Crippen molar-refractivity contribution in [3.8, 4) is 0 Å². The second-order valence-electron chi connectivity index (χ2n) is 5.66. The standard InChI is InChI=1S/C20H16FNO3/c1-2-11-22-17(14-9-6-10-15(21)12-14)16(19(24)20(22)25)18(23)13-7-4-3-5-8-13/h2-10,12,17,23H,1,11H2/b18-16-. The average molecular weight is 337 g/mol. The van der Waals surface area contributed by atoms with Gasteiger partial charge in [0.15, 0.2) is 0 Å². The van der Waals surface area contributed by atoms with E-state index < -0.39 is 23.5 Å². The fourth-order valence-electron chi connectivity index (χ4n) is 2.98. The molecule has 1 aliphatic rings. The van der Waals surface area contributed by atoms with E-state index in [1.807, 2.05) is 0 Å². The Kier molecular flexibility index (Phi) is 4.48. The Morgan fingerprint density at radius 2 is 1.88 bits per heavy atom. The number of halogens is 1. The topological polar surface area (TPSA) is 57.6 Å². The van der Waals surface area contributed by atoms with Crippen molar-refractivity contribution < 1.29 is 19.1 Å². The number of amides is 1. The zero-order chi connectivity index (χ0) is 18.0. The van der Waals surface area contributed by atoms with E-state index in [9.17, 15) is 19.1 Å². The molecule has 2 aromatic carbocycles. The minimum absolute atomic E-state index is 0.0522. The van der Waals surface area contributed by atoms with Crippen LogP contribution in [0.3, 0.4) is 0 Å². The van der Waals surface area contributed by atoms with E-state index in [0.29, 0.717) is 11.1 Å². The van der Waals surface area contributed by atoms with Gasteiger partial charge in [0.1, 0.15) is 11.6 Å². The van der Waals surface area contributed by atoms with E-state index >= 15 is 0 Å². The lowest BCUT2D eigenvalue weighted by Gasteiger charge is -2.24. The van der Waals surface area contributed by atoms with Gasteiger partial charge in [0.25, 0.3) is 11.7 Å². The molecule has 1 fully saturated rings. The first kappa shape index (κ1) is 16.6. The van der Waals surface area contributed by atoms with E-state index in [2.05, 4.69) is 6.58 Å². The van der Waals surface area contributed by atoms with Crippen molar-refractivity contribution in [2.45, 2.75) is 6.04 Å². The summed E-state index contributed by atoms with van der Waals surface area (Å²) >= 11 is 0. The maximum atomic E-state index is 13.7. The van der Waals surface area contributed by atoms with Crippen LogP contribution in [-0.4, -0.2) is 28.2 Å². The molecule has 4 nitrogen and oxygen atoms in total. The number of carbonyl (C=O) groups excluding carboxylic acids is 2. The van der Waals surface area contributed by atoms with Crippen LogP contribution in [0.2, 0.25) is 0 Å². The second kappa shape index (κ2) is 6.73. The zero-order valence-electron chi connectivity index (χ0n) is 13.4. The summed E-state index contributed by atoms with van der Waals surface area (Å²) in [6.45, 7) is 3.71. The van der Waals surface area contributed by atoms with Gasteiger partial charge in [0.2, 0.25) is 0 Å². The van der Waals surface area contributed by atoms with E-state index in [1.54, 1.807) is 36.4 Å². The summed E-state index contributed by atoms with van der Waals surface area (Å²) in [5.41, 5.74) is 0.780. The molecule has 126 valence electrons. The minimum Gasteiger partial charge on any atom is -0.507 e. The van der Waals surface area contributed by atoms with Crippen LogP contribution in [0.1, 0.15) is 17.2 Å². The van der Waals surface area contributed by atoms with Gasteiger partial charge in [0, 0.05) is 12.1 Å². The molecule has 1 aliphatic heterocycles. The third-order valence-electron chi connectivity index (χ3n) is 4.08. The van der Waals surface area contributed by atoms with Gasteiger partial charge in [-0.15, -0.1) is 6.58 Å². The van der Waals surface area contributed by atoms with Crippen molar-refractivity contribution in [2.24, 2.45) is 0 Å². The molecule has 0 spiro atoms. The predicted molar refractivity (Wildman–Crippen MR) is 92.0 cm³/mol. The van der Waals surface area contributed by atoms with Crippen LogP contribution in [0.15, 0.2) is 72.8 Å². The number of likely N-dealkylation sites (tertiary alicyclic amines) is 1. The molecular formula is C20H16FNO3. The highest BCUT2D eigenvalue weighted by Gasteiger charge is 2.45. The summed E-state index contributed by atoms with van der Waals surface area (Å²) in [6, 6.07) is 13.3. The molecule has 0 aromatic heterocycles. The largest absolute Gasteiger partial charge is 0.507 e. The number of rotatable bonds is 4. The lowest BCUT2D eigenvalue weighted by molar-refractivity contribution is -0.139. The van der Waals surface area contributed by atoms with Crippen LogP contribution in [0.5, 0.6) is 0 Å². The third-order valence-corrected chi connectivity index (χ3v) is 4.08. The minimum atomic E-state index is -0.867. The molecule has 0 bridgehead atoms. The number of benzene rings is 2. The van der Waals surface area contributed by atoms with Gasteiger partial charge in [0.05, 0.1) is 11.6 Å². The quantitative estimate of drug-likeness (QED) is 0.402. The molecule has 25 heavy (non-hydrogen) atoms. The SMILES string of the molecule is C=CCN1C(=O)C(=O)/C(=C(\O)c2ccccc2)C1c1cccc(F)c1. The van der Waals surface area contributed by atoms with E-state index in [-0.39, 0.29) is 17.9 Å². The van der Waals surface area contributed by atoms with Crippen LogP contribution >= 0.6 is 0 Å². The van der Waals surface area contributed by atoms with Gasteiger partial charge in [-0.2, -0.15) is 0 Å². The number of hydrogen-bond donors (Lipinski definition) is 1. The normalized spacial score (nSPS) is 19.2. The lowest BCUT2D eigenvalue weighted by Crippen LogP contribution is -2.29. The highest BCUT2D eigenvalue weighted by Crippen LogP contribution is 2.39. The van der Waals surface area contributed by atoms with Gasteiger partial charge in [-0.1, -0.05) is 48.5 Å². The number of ketones is 1. The molecule has 1 amide bonds. The molecule has 1 atom stereocenters. The molecule has 1 N–H and O–H groups in total. The number of hydrogen-bond acceptors (Lipinski definition) is 3. The molecule has 0 saturated carbocycles. The summed E-state index contributed by atoms with van der Waals surface area (Å²) in [6.07, 6.45) is 1.49. The summed E-state index contributed by atoms with van der Waals surface area (Å²) in [4.78, 5) is 26.2. The molecule has 2 aromatic rings. The first-order valence-electron chi connectivity index (χ1n) is 7.74. The summed E-state index contributed by atoms with van der Waals surface area (Å²) < 4.78 is 13.7. The van der Waals surface area contributed by atoms with Gasteiger partial charge < -0.3 is 10.0 Å². The van der Waals surface area contributed by atoms with Crippen molar-refractivity contribution in [1.82, 2.24) is 4.90 Å². The number of nitrogens with zero attached hydrogens (tertiary/aromatic N) is 1. The molecule has 1 unspecified atom stereocenters. The van der Waals surface area contributed by atoms with Crippen molar-refractivity contribution in [2.75, 3.05) is 6.54 Å². The Labute approximate surface area is 144 Å². The Morgan fingerprint density at radius 3 is 2.52 bits per heavy atom. The third kappa shape index (κ3) is 2.96. The van der Waals surface area contributed by atoms with Gasteiger partial charge in [-0.05, 0) is 17.7 Å². The molecule has 1 heterocycles. The van der Waals surface area contributed by atoms with Crippen molar-refractivity contribution in [3.63, 3.8) is 0 Å². The van der Waals surface area contributed by atoms with Crippen LogP contribution in [-0.2, 0) is 9.59 Å². The van der Waals surface area contributed by atoms with Gasteiger partial charge in [-0.25, -0.2) is 4.39 Å². The Morgan fingerprint density at radius 1 is 1.16 bits per heavy atom. The van der Waals surface area contributed by atoms with Crippen LogP contribution in [0.4, 0.5) is 4.39 Å². The number of aliphatic hydroxyl groups is 1. The maximum Gasteiger partial charge on any atom is 0.295 e. The van der Waals surface area contributed by atoms with Crippen molar-refractivity contribution in [1.29, 1.82) is 0 Å². The first-order valence-corrected chi connectivity index (χ1v) is 7.74. The fraction of sp³-hybridized carbons (Fsp3) is 0.100. The Bertz CT molecular complexity index is 874. The fourth-order valence-corrected chi connectivity index (χ4v) is 2.98. The first-order chi connectivity index (χ1) is 12.0. The van der Waals surface area contributed by atoms with Gasteiger partial charge in [-0.3, -0.25) is 9.59 Å². The molecule has 1 saturated heterocycles. The van der Waals surface area contributed by atoms with Crippen LogP contribution < -0.4 is 0 Å². The van der Waals surface area contributed by atoms with E-state index in [0.717, 1.165) is 0 Å². The molecular weight excluding hydrogens is 321 g/mol. The van der Waals surface area contributed by atoms with Crippen LogP contribution in [0.25, 0.3) is 5.76 Å². The molecule has 3 rings (SSSR count). The Balaban J connectivity index is 2.21. The number of aliphatic hydroxyl groups excluding tert-OH is 1. The highest BCUT2D eigenvalue weighted by molar-refractivity contribution is 6.46. The van der Waals surface area contributed by atoms with Gasteiger partial charge >= 0.3 is 0 Å². The van der Waals surface area contributed by atoms with E-state index in [1.165, 1.54) is 29.2 Å². The number of carbonyl (C=O) groups is 2. The monoisotopic (exact) mass is 337 g/mol. The van der Waals surface area contributed by atoms with Crippen LogP contribution in [0, 0.1) is 5.82 Å². The molecule has 0 aliphatic carbocycles. The highest BCUT2D eigenvalue weighted by atomic mass is 19.1. The van der Waals surface area contributed by atoms with Crippen molar-refractivity contribution >= 4 is 17.4 Å².